The van der Waals surface area contributed by atoms with E-state index in [1.54, 1.807) is 0 Å². The molecule has 0 fully saturated rings. The number of nitrogens with one attached hydrogen (secondary N) is 1. The molecule has 0 heterocycles. The van der Waals surface area contributed by atoms with E-state index in [1.165, 1.54) is 0 Å². The second-order valence-corrected chi connectivity index (χ2v) is 4.28. The SMILES string of the molecule is CC(C)(C)NC(=O)OCCCCCl. The fourth-order valence-corrected chi connectivity index (χ4v) is 0.893. The fraction of sp³-hybridized carbons (Fsp3) is 0.889. The highest BCUT2D eigenvalue weighted by atomic mass is 35.5. The van der Waals surface area contributed by atoms with Crippen molar-refractivity contribution >= 4 is 17.7 Å². The topological polar surface area (TPSA) is 38.3 Å². The van der Waals surface area contributed by atoms with Crippen LogP contribution in [0.3, 0.4) is 0 Å². The zero-order valence-electron chi connectivity index (χ0n) is 8.52. The van der Waals surface area contributed by atoms with Crippen molar-refractivity contribution < 1.29 is 9.53 Å². The number of amides is 1. The summed E-state index contributed by atoms with van der Waals surface area (Å²) in [5.41, 5.74) is -0.233. The highest BCUT2D eigenvalue weighted by Crippen LogP contribution is 1.99. The summed E-state index contributed by atoms with van der Waals surface area (Å²) in [6.07, 6.45) is 1.34. The molecule has 4 heteroatoms. The molecule has 0 aliphatic rings. The smallest absolute Gasteiger partial charge is 0.407 e. The average molecular weight is 208 g/mol. The third-order valence-corrected chi connectivity index (χ3v) is 1.51. The summed E-state index contributed by atoms with van der Waals surface area (Å²) in [5, 5.41) is 2.70. The second-order valence-electron chi connectivity index (χ2n) is 3.91. The van der Waals surface area contributed by atoms with E-state index in [0.717, 1.165) is 12.8 Å². The quantitative estimate of drug-likeness (QED) is 0.568. The summed E-state index contributed by atoms with van der Waals surface area (Å²) in [4.78, 5) is 11.1. The molecule has 0 spiro atoms. The summed E-state index contributed by atoms with van der Waals surface area (Å²) >= 11 is 5.47. The van der Waals surface area contributed by atoms with Crippen molar-refractivity contribution in [2.24, 2.45) is 0 Å². The van der Waals surface area contributed by atoms with Crippen LogP contribution in [0.2, 0.25) is 0 Å². The Kier molecular flexibility index (Phi) is 5.88. The normalized spacial score (nSPS) is 11.1. The Bertz CT molecular complexity index is 154. The predicted octanol–water partition coefficient (Wildman–Crippen LogP) is 2.53. The zero-order chi connectivity index (χ0) is 10.3. The number of halogens is 1. The first-order chi connectivity index (χ1) is 5.95. The molecule has 1 amide bonds. The summed E-state index contributed by atoms with van der Waals surface area (Å²) in [7, 11) is 0. The van der Waals surface area contributed by atoms with E-state index >= 15 is 0 Å². The van der Waals surface area contributed by atoms with Crippen molar-refractivity contribution in [2.75, 3.05) is 12.5 Å². The van der Waals surface area contributed by atoms with Gasteiger partial charge in [0.25, 0.3) is 0 Å². The molecule has 13 heavy (non-hydrogen) atoms. The van der Waals surface area contributed by atoms with Crippen LogP contribution >= 0.6 is 11.6 Å². The third kappa shape index (κ3) is 9.47. The van der Waals surface area contributed by atoms with Gasteiger partial charge in [-0.2, -0.15) is 0 Å². The van der Waals surface area contributed by atoms with Crippen molar-refractivity contribution in [1.29, 1.82) is 0 Å². The molecule has 0 rings (SSSR count). The Hall–Kier alpha value is -0.440. The molecule has 0 aromatic heterocycles. The van der Waals surface area contributed by atoms with Gasteiger partial charge in [-0.15, -0.1) is 11.6 Å². The molecule has 0 saturated carbocycles. The lowest BCUT2D eigenvalue weighted by Crippen LogP contribution is -2.41. The van der Waals surface area contributed by atoms with E-state index in [2.05, 4.69) is 5.32 Å². The first kappa shape index (κ1) is 12.6. The van der Waals surface area contributed by atoms with Crippen LogP contribution in [0.15, 0.2) is 0 Å². The van der Waals surface area contributed by atoms with E-state index in [-0.39, 0.29) is 11.6 Å². The molecule has 78 valence electrons. The molecule has 0 aromatic carbocycles. The van der Waals surface area contributed by atoms with Crippen LogP contribution in [0.4, 0.5) is 4.79 Å². The molecule has 0 aromatic rings. The van der Waals surface area contributed by atoms with Crippen LogP contribution in [0, 0.1) is 0 Å². The number of alkyl carbamates (subject to hydrolysis) is 1. The van der Waals surface area contributed by atoms with Crippen LogP contribution < -0.4 is 5.32 Å². The van der Waals surface area contributed by atoms with Crippen LogP contribution in [-0.2, 0) is 4.74 Å². The second kappa shape index (κ2) is 6.08. The lowest BCUT2D eigenvalue weighted by molar-refractivity contribution is 0.136. The molecule has 0 unspecified atom stereocenters. The number of carbonyl (C=O) groups excluding carboxylic acids is 1. The Morgan fingerprint density at radius 2 is 2.00 bits per heavy atom. The van der Waals surface area contributed by atoms with E-state index in [9.17, 15) is 4.79 Å². The van der Waals surface area contributed by atoms with Crippen LogP contribution in [-0.4, -0.2) is 24.1 Å². The Balaban J connectivity index is 3.41. The van der Waals surface area contributed by atoms with Crippen LogP contribution in [0.5, 0.6) is 0 Å². The van der Waals surface area contributed by atoms with E-state index in [0.29, 0.717) is 12.5 Å². The van der Waals surface area contributed by atoms with Crippen molar-refractivity contribution in [1.82, 2.24) is 5.32 Å². The van der Waals surface area contributed by atoms with Gasteiger partial charge in [-0.1, -0.05) is 0 Å². The molecular weight excluding hydrogens is 190 g/mol. The third-order valence-electron chi connectivity index (χ3n) is 1.24. The molecule has 1 N–H and O–H groups in total. The molecule has 0 aliphatic heterocycles. The van der Waals surface area contributed by atoms with Crippen molar-refractivity contribution in [3.05, 3.63) is 0 Å². The largest absolute Gasteiger partial charge is 0.450 e. The number of unbranched alkanes of at least 4 members (excludes halogenated alkanes) is 1. The fourth-order valence-electron chi connectivity index (χ4n) is 0.704. The molecule has 3 nitrogen and oxygen atoms in total. The van der Waals surface area contributed by atoms with Gasteiger partial charge in [-0.25, -0.2) is 4.79 Å². The van der Waals surface area contributed by atoms with E-state index in [1.807, 2.05) is 20.8 Å². The Morgan fingerprint density at radius 1 is 1.38 bits per heavy atom. The molecular formula is C9H18ClNO2. The van der Waals surface area contributed by atoms with Gasteiger partial charge in [0.2, 0.25) is 0 Å². The lowest BCUT2D eigenvalue weighted by Gasteiger charge is -2.19. The van der Waals surface area contributed by atoms with Gasteiger partial charge in [0, 0.05) is 11.4 Å². The predicted molar refractivity (Wildman–Crippen MR) is 54.2 cm³/mol. The minimum absolute atomic E-state index is 0.233. The van der Waals surface area contributed by atoms with Gasteiger partial charge in [0.15, 0.2) is 0 Å². The number of hydrogen-bond donors (Lipinski definition) is 1. The highest BCUT2D eigenvalue weighted by molar-refractivity contribution is 6.17. The molecule has 0 atom stereocenters. The Morgan fingerprint density at radius 3 is 2.46 bits per heavy atom. The van der Waals surface area contributed by atoms with Crippen LogP contribution in [0.25, 0.3) is 0 Å². The summed E-state index contributed by atoms with van der Waals surface area (Å²) in [5.74, 6) is 0.615. The van der Waals surface area contributed by atoms with E-state index < -0.39 is 0 Å². The maximum absolute atomic E-state index is 11.1. The zero-order valence-corrected chi connectivity index (χ0v) is 9.28. The summed E-state index contributed by atoms with van der Waals surface area (Å²) < 4.78 is 4.91. The Labute approximate surface area is 84.8 Å². The van der Waals surface area contributed by atoms with Gasteiger partial charge in [-0.3, -0.25) is 0 Å². The standard InChI is InChI=1S/C9H18ClNO2/c1-9(2,3)11-8(12)13-7-5-4-6-10/h4-7H2,1-3H3,(H,11,12). The van der Waals surface area contributed by atoms with Gasteiger partial charge >= 0.3 is 6.09 Å². The number of carbonyl (C=O) groups is 1. The van der Waals surface area contributed by atoms with Crippen molar-refractivity contribution in [3.63, 3.8) is 0 Å². The highest BCUT2D eigenvalue weighted by Gasteiger charge is 2.13. The molecule has 0 radical (unpaired) electrons. The lowest BCUT2D eigenvalue weighted by atomic mass is 10.1. The first-order valence-corrected chi connectivity index (χ1v) is 5.00. The number of rotatable bonds is 4. The van der Waals surface area contributed by atoms with Gasteiger partial charge in [-0.05, 0) is 33.6 Å². The number of alkyl halides is 1. The van der Waals surface area contributed by atoms with E-state index in [4.69, 9.17) is 16.3 Å². The van der Waals surface area contributed by atoms with Gasteiger partial charge < -0.3 is 10.1 Å². The summed E-state index contributed by atoms with van der Waals surface area (Å²) in [6, 6.07) is 0. The maximum Gasteiger partial charge on any atom is 0.407 e. The average Bonchev–Trinajstić information content (AvgIpc) is 1.94. The number of ether oxygens (including phenoxy) is 1. The molecule has 0 bridgehead atoms. The van der Waals surface area contributed by atoms with Gasteiger partial charge in [0.05, 0.1) is 6.61 Å². The van der Waals surface area contributed by atoms with Crippen LogP contribution in [0.1, 0.15) is 33.6 Å². The van der Waals surface area contributed by atoms with Crippen molar-refractivity contribution in [3.8, 4) is 0 Å². The monoisotopic (exact) mass is 207 g/mol. The minimum atomic E-state index is -0.359. The number of hydrogen-bond acceptors (Lipinski definition) is 2. The molecule has 0 aliphatic carbocycles. The summed E-state index contributed by atoms with van der Waals surface area (Å²) in [6.45, 7) is 6.17. The first-order valence-electron chi connectivity index (χ1n) is 4.46. The molecule has 0 saturated heterocycles. The van der Waals surface area contributed by atoms with Crippen molar-refractivity contribution in [2.45, 2.75) is 39.2 Å². The van der Waals surface area contributed by atoms with Gasteiger partial charge in [0.1, 0.15) is 0 Å². The minimum Gasteiger partial charge on any atom is -0.450 e. The maximum atomic E-state index is 11.1.